The van der Waals surface area contributed by atoms with Gasteiger partial charge in [0, 0.05) is 24.2 Å². The molecule has 0 bridgehead atoms. The number of carbonyl (C=O) groups excluding carboxylic acids is 1. The molecule has 0 radical (unpaired) electrons. The second kappa shape index (κ2) is 9.89. The number of hydrogen-bond acceptors (Lipinski definition) is 4. The summed E-state index contributed by atoms with van der Waals surface area (Å²) in [5.74, 6) is 0.287. The number of aromatic nitrogens is 2. The molecule has 0 spiro atoms. The summed E-state index contributed by atoms with van der Waals surface area (Å²) >= 11 is 0. The molecular formula is C25H30N4O3S. The molecule has 7 nitrogen and oxygen atoms in total. The number of aryl methyl sites for hydroxylation is 1. The topological polar surface area (TPSA) is 84.3 Å². The first-order valence-electron chi connectivity index (χ1n) is 11.4. The molecule has 1 saturated heterocycles. The van der Waals surface area contributed by atoms with Crippen LogP contribution in [0.25, 0.3) is 0 Å². The lowest BCUT2D eigenvalue weighted by atomic mass is 10.0. The molecule has 2 heterocycles. The Kier molecular flexibility index (Phi) is 6.95. The van der Waals surface area contributed by atoms with Crippen LogP contribution >= 0.6 is 0 Å². The summed E-state index contributed by atoms with van der Waals surface area (Å²) in [7, 11) is -3.58. The molecule has 2 aromatic carbocycles. The van der Waals surface area contributed by atoms with Gasteiger partial charge in [-0.25, -0.2) is 13.1 Å². The largest absolute Gasteiger partial charge is 0.307 e. The minimum absolute atomic E-state index is 0.0415. The fourth-order valence-corrected chi connectivity index (χ4v) is 6.09. The Balaban J connectivity index is 1.49. The summed E-state index contributed by atoms with van der Waals surface area (Å²) in [6, 6.07) is 17.9. The summed E-state index contributed by atoms with van der Waals surface area (Å²) in [6.07, 6.45) is 3.64. The Morgan fingerprint density at radius 3 is 2.52 bits per heavy atom. The number of amides is 1. The zero-order valence-electron chi connectivity index (χ0n) is 19.1. The third-order valence-electron chi connectivity index (χ3n) is 6.09. The second-order valence-electron chi connectivity index (χ2n) is 8.47. The molecule has 174 valence electrons. The fourth-order valence-electron chi connectivity index (χ4n) is 4.32. The number of nitrogens with one attached hydrogen (secondary N) is 1. The van der Waals surface area contributed by atoms with Crippen molar-refractivity contribution in [1.82, 2.24) is 14.1 Å². The van der Waals surface area contributed by atoms with Crippen LogP contribution in [0.15, 0.2) is 65.6 Å². The van der Waals surface area contributed by atoms with Gasteiger partial charge in [-0.2, -0.15) is 9.40 Å². The van der Waals surface area contributed by atoms with Crippen molar-refractivity contribution in [3.63, 3.8) is 0 Å². The maximum atomic E-state index is 13.2. The van der Waals surface area contributed by atoms with Crippen molar-refractivity contribution in [2.24, 2.45) is 0 Å². The van der Waals surface area contributed by atoms with Crippen molar-refractivity contribution >= 4 is 21.7 Å². The molecule has 1 aliphatic rings. The predicted octanol–water partition coefficient (Wildman–Crippen LogP) is 4.45. The lowest BCUT2D eigenvalue weighted by Crippen LogP contribution is -2.43. The summed E-state index contributed by atoms with van der Waals surface area (Å²) in [5, 5.41) is 7.39. The second-order valence-corrected chi connectivity index (χ2v) is 10.4. The standard InChI is InChI=1S/C25H30N4O3S/c1-3-22-11-7-8-16-29(22)33(31,32)23-14-12-21(13-15-23)25(30)26-24-17-19(2)27-28(24)18-20-9-5-4-6-10-20/h4-6,9-10,12-15,17,22H,3,7-8,11,16,18H2,1-2H3,(H,26,30). The van der Waals surface area contributed by atoms with E-state index in [4.69, 9.17) is 0 Å². The van der Waals surface area contributed by atoms with Crippen molar-refractivity contribution in [2.75, 3.05) is 11.9 Å². The Morgan fingerprint density at radius 1 is 1.09 bits per heavy atom. The Bertz CT molecular complexity index is 1200. The van der Waals surface area contributed by atoms with Crippen molar-refractivity contribution in [2.45, 2.75) is 57.0 Å². The summed E-state index contributed by atoms with van der Waals surface area (Å²) in [5.41, 5.74) is 2.27. The molecule has 1 aliphatic heterocycles. The Hall–Kier alpha value is -2.97. The van der Waals surface area contributed by atoms with Gasteiger partial charge in [-0.1, -0.05) is 43.7 Å². The van der Waals surface area contributed by atoms with Gasteiger partial charge in [0.05, 0.1) is 17.1 Å². The Labute approximate surface area is 195 Å². The number of nitrogens with zero attached hydrogens (tertiary/aromatic N) is 3. The molecule has 1 unspecified atom stereocenters. The van der Waals surface area contributed by atoms with Gasteiger partial charge in [0.15, 0.2) is 0 Å². The molecule has 1 atom stereocenters. The molecule has 1 N–H and O–H groups in total. The maximum absolute atomic E-state index is 13.2. The third kappa shape index (κ3) is 5.17. The van der Waals surface area contributed by atoms with E-state index in [1.54, 1.807) is 21.1 Å². The highest BCUT2D eigenvalue weighted by molar-refractivity contribution is 7.89. The molecule has 1 amide bonds. The molecule has 0 saturated carbocycles. The van der Waals surface area contributed by atoms with Gasteiger partial charge < -0.3 is 5.32 Å². The van der Waals surface area contributed by atoms with Gasteiger partial charge in [0.1, 0.15) is 5.82 Å². The molecule has 4 rings (SSSR count). The summed E-state index contributed by atoms with van der Waals surface area (Å²) in [4.78, 5) is 13.1. The molecule has 3 aromatic rings. The zero-order valence-corrected chi connectivity index (χ0v) is 19.9. The minimum Gasteiger partial charge on any atom is -0.307 e. The van der Waals surface area contributed by atoms with Crippen molar-refractivity contribution < 1.29 is 13.2 Å². The van der Waals surface area contributed by atoms with E-state index in [1.807, 2.05) is 50.2 Å². The van der Waals surface area contributed by atoms with Gasteiger partial charge in [-0.15, -0.1) is 0 Å². The molecule has 33 heavy (non-hydrogen) atoms. The van der Waals surface area contributed by atoms with Gasteiger partial charge in [0.2, 0.25) is 10.0 Å². The van der Waals surface area contributed by atoms with Crippen LogP contribution < -0.4 is 5.32 Å². The van der Waals surface area contributed by atoms with Gasteiger partial charge in [-0.05, 0) is 56.0 Å². The van der Waals surface area contributed by atoms with Crippen LogP contribution in [0.2, 0.25) is 0 Å². The highest BCUT2D eigenvalue weighted by Gasteiger charge is 2.32. The number of sulfonamides is 1. The van der Waals surface area contributed by atoms with Crippen LogP contribution in [0, 0.1) is 6.92 Å². The van der Waals surface area contributed by atoms with Crippen LogP contribution in [0.3, 0.4) is 0 Å². The van der Waals surface area contributed by atoms with E-state index in [-0.39, 0.29) is 16.8 Å². The molecule has 1 fully saturated rings. The number of piperidine rings is 1. The van der Waals surface area contributed by atoms with Crippen molar-refractivity contribution in [3.05, 3.63) is 77.5 Å². The van der Waals surface area contributed by atoms with E-state index in [0.29, 0.717) is 24.5 Å². The normalized spacial score (nSPS) is 17.1. The first kappa shape index (κ1) is 23.2. The summed E-state index contributed by atoms with van der Waals surface area (Å²) < 4.78 is 29.7. The van der Waals surface area contributed by atoms with Crippen LogP contribution in [-0.4, -0.2) is 41.0 Å². The van der Waals surface area contributed by atoms with E-state index in [1.165, 1.54) is 12.1 Å². The van der Waals surface area contributed by atoms with E-state index in [9.17, 15) is 13.2 Å². The lowest BCUT2D eigenvalue weighted by Gasteiger charge is -2.34. The number of rotatable bonds is 7. The molecular weight excluding hydrogens is 436 g/mol. The van der Waals surface area contributed by atoms with Crippen LogP contribution in [0.1, 0.15) is 54.2 Å². The Morgan fingerprint density at radius 2 is 1.82 bits per heavy atom. The number of anilines is 1. The van der Waals surface area contributed by atoms with Gasteiger partial charge >= 0.3 is 0 Å². The number of hydrogen-bond donors (Lipinski definition) is 1. The van der Waals surface area contributed by atoms with Crippen LogP contribution in [-0.2, 0) is 16.6 Å². The van der Waals surface area contributed by atoms with Gasteiger partial charge in [0.25, 0.3) is 5.91 Å². The smallest absolute Gasteiger partial charge is 0.256 e. The third-order valence-corrected chi connectivity index (χ3v) is 8.05. The fraction of sp³-hybridized carbons (Fsp3) is 0.360. The van der Waals surface area contributed by atoms with E-state index >= 15 is 0 Å². The lowest BCUT2D eigenvalue weighted by molar-refractivity contribution is 0.102. The monoisotopic (exact) mass is 466 g/mol. The zero-order chi connectivity index (χ0) is 23.4. The first-order chi connectivity index (χ1) is 15.9. The highest BCUT2D eigenvalue weighted by atomic mass is 32.2. The molecule has 8 heteroatoms. The number of carbonyl (C=O) groups is 1. The van der Waals surface area contributed by atoms with E-state index < -0.39 is 10.0 Å². The van der Waals surface area contributed by atoms with Crippen molar-refractivity contribution in [3.8, 4) is 0 Å². The first-order valence-corrected chi connectivity index (χ1v) is 12.8. The number of benzene rings is 2. The SMILES string of the molecule is CCC1CCCCN1S(=O)(=O)c1ccc(C(=O)Nc2cc(C)nn2Cc2ccccc2)cc1. The maximum Gasteiger partial charge on any atom is 0.256 e. The van der Waals surface area contributed by atoms with Gasteiger partial charge in [-0.3, -0.25) is 4.79 Å². The molecule has 0 aliphatic carbocycles. The highest BCUT2D eigenvalue weighted by Crippen LogP contribution is 2.27. The average Bonchev–Trinajstić information content (AvgIpc) is 3.17. The van der Waals surface area contributed by atoms with E-state index in [2.05, 4.69) is 10.4 Å². The van der Waals surface area contributed by atoms with Crippen molar-refractivity contribution in [1.29, 1.82) is 0 Å². The molecule has 1 aromatic heterocycles. The van der Waals surface area contributed by atoms with E-state index in [0.717, 1.165) is 36.9 Å². The summed E-state index contributed by atoms with van der Waals surface area (Å²) in [6.45, 7) is 4.99. The minimum atomic E-state index is -3.58. The van der Waals surface area contributed by atoms with Crippen LogP contribution in [0.4, 0.5) is 5.82 Å². The quantitative estimate of drug-likeness (QED) is 0.558. The van der Waals surface area contributed by atoms with Crippen LogP contribution in [0.5, 0.6) is 0 Å². The predicted molar refractivity (Wildman–Crippen MR) is 129 cm³/mol. The average molecular weight is 467 g/mol.